The molecule has 10 heteroatoms. The summed E-state index contributed by atoms with van der Waals surface area (Å²) in [6, 6.07) is 12.1. The van der Waals surface area contributed by atoms with Crippen LogP contribution in [-0.4, -0.2) is 46.5 Å². The maximum Gasteiger partial charge on any atom is 0.355 e. The Morgan fingerprint density at radius 3 is 2.71 bits per heavy atom. The van der Waals surface area contributed by atoms with Crippen molar-refractivity contribution >= 4 is 34.3 Å². The number of amides is 2. The van der Waals surface area contributed by atoms with Crippen molar-refractivity contribution in [3.63, 3.8) is 0 Å². The van der Waals surface area contributed by atoms with Crippen molar-refractivity contribution in [2.45, 2.75) is 25.9 Å². The fourth-order valence-electron chi connectivity index (χ4n) is 3.88. The summed E-state index contributed by atoms with van der Waals surface area (Å²) >= 11 is 1.02. The first-order valence-corrected chi connectivity index (χ1v) is 11.5. The fourth-order valence-corrected chi connectivity index (χ4v) is 4.58. The third kappa shape index (κ3) is 4.72. The van der Waals surface area contributed by atoms with Crippen LogP contribution in [0.5, 0.6) is 11.5 Å². The van der Waals surface area contributed by atoms with Crippen molar-refractivity contribution in [3.05, 3.63) is 70.2 Å². The first kappa shape index (κ1) is 23.2. The first-order chi connectivity index (χ1) is 16.4. The largest absolute Gasteiger partial charge is 0.493 e. The van der Waals surface area contributed by atoms with Crippen LogP contribution in [0.15, 0.2) is 47.8 Å². The number of ether oxygens (including phenoxy) is 2. The van der Waals surface area contributed by atoms with Gasteiger partial charge in [0.15, 0.2) is 22.3 Å². The number of carbonyl (C=O) groups excluding carboxylic acids is 2. The highest BCUT2D eigenvalue weighted by Crippen LogP contribution is 2.37. The maximum atomic E-state index is 13.2. The van der Waals surface area contributed by atoms with Crippen LogP contribution in [0.1, 0.15) is 51.4 Å². The van der Waals surface area contributed by atoms with Gasteiger partial charge in [-0.2, -0.15) is 0 Å². The van der Waals surface area contributed by atoms with Crippen LogP contribution >= 0.6 is 11.3 Å². The van der Waals surface area contributed by atoms with E-state index in [0.717, 1.165) is 16.9 Å². The maximum absolute atomic E-state index is 13.2. The molecular formula is C24H23N3O6S. The summed E-state index contributed by atoms with van der Waals surface area (Å²) in [5.74, 6) is -0.662. The van der Waals surface area contributed by atoms with E-state index >= 15 is 0 Å². The zero-order valence-corrected chi connectivity index (χ0v) is 19.4. The number of carbonyl (C=O) groups is 3. The first-order valence-electron chi connectivity index (χ1n) is 10.6. The number of hydrogen-bond donors (Lipinski definition) is 2. The molecule has 1 aliphatic heterocycles. The van der Waals surface area contributed by atoms with Gasteiger partial charge in [0, 0.05) is 17.5 Å². The molecule has 0 radical (unpaired) electrons. The minimum absolute atomic E-state index is 0.0567. The van der Waals surface area contributed by atoms with Crippen molar-refractivity contribution in [2.24, 2.45) is 0 Å². The fraction of sp³-hybridized carbons (Fsp3) is 0.250. The Balaban J connectivity index is 1.64. The Hall–Kier alpha value is -3.92. The van der Waals surface area contributed by atoms with E-state index in [1.165, 1.54) is 12.5 Å². The normalized spacial score (nSPS) is 13.4. The van der Waals surface area contributed by atoms with E-state index in [2.05, 4.69) is 10.3 Å². The molecule has 0 fully saturated rings. The third-order valence-corrected chi connectivity index (χ3v) is 6.20. The molecule has 176 valence electrons. The summed E-state index contributed by atoms with van der Waals surface area (Å²) in [4.78, 5) is 42.8. The van der Waals surface area contributed by atoms with Crippen LogP contribution in [0.4, 0.5) is 5.13 Å². The van der Waals surface area contributed by atoms with E-state index < -0.39 is 17.9 Å². The van der Waals surface area contributed by atoms with E-state index in [4.69, 9.17) is 14.6 Å². The molecule has 3 aromatic rings. The topological polar surface area (TPSA) is 118 Å². The summed E-state index contributed by atoms with van der Waals surface area (Å²) in [7, 11) is 1.53. The molecule has 2 heterocycles. The zero-order chi connectivity index (χ0) is 24.2. The van der Waals surface area contributed by atoms with Crippen molar-refractivity contribution in [2.75, 3.05) is 19.0 Å². The van der Waals surface area contributed by atoms with E-state index in [9.17, 15) is 14.4 Å². The molecule has 0 aliphatic carbocycles. The van der Waals surface area contributed by atoms with Crippen LogP contribution in [0.3, 0.4) is 0 Å². The van der Waals surface area contributed by atoms with Crippen molar-refractivity contribution in [1.29, 1.82) is 0 Å². The average Bonchev–Trinajstić information content (AvgIpc) is 3.43. The second-order valence-electron chi connectivity index (χ2n) is 7.54. The molecule has 34 heavy (non-hydrogen) atoms. The number of hydrogen-bond acceptors (Lipinski definition) is 7. The summed E-state index contributed by atoms with van der Waals surface area (Å²) in [6.07, 6.45) is -0.0567. The predicted octanol–water partition coefficient (Wildman–Crippen LogP) is 3.97. The number of benzene rings is 2. The highest BCUT2D eigenvalue weighted by atomic mass is 32.1. The van der Waals surface area contributed by atoms with Crippen LogP contribution in [0.2, 0.25) is 0 Å². The molecule has 4 rings (SSSR count). The highest BCUT2D eigenvalue weighted by molar-refractivity contribution is 7.14. The number of carboxylic acid groups (broad SMARTS) is 1. The summed E-state index contributed by atoms with van der Waals surface area (Å²) in [6.45, 7) is 2.70. The van der Waals surface area contributed by atoms with Crippen molar-refractivity contribution < 1.29 is 29.0 Å². The van der Waals surface area contributed by atoms with E-state index in [1.54, 1.807) is 23.1 Å². The number of rotatable bonds is 9. The summed E-state index contributed by atoms with van der Waals surface area (Å²) < 4.78 is 11.1. The molecule has 1 aliphatic rings. The second kappa shape index (κ2) is 9.92. The number of nitrogens with one attached hydrogen (secondary N) is 1. The Morgan fingerprint density at radius 1 is 1.24 bits per heavy atom. The molecule has 0 spiro atoms. The minimum atomic E-state index is -1.17. The Bertz CT molecular complexity index is 1240. The average molecular weight is 482 g/mol. The molecule has 1 unspecified atom stereocenters. The highest BCUT2D eigenvalue weighted by Gasteiger charge is 2.35. The van der Waals surface area contributed by atoms with Gasteiger partial charge in [-0.1, -0.05) is 24.3 Å². The molecule has 0 saturated carbocycles. The minimum Gasteiger partial charge on any atom is -0.493 e. The standard InChI is InChI=1S/C24H23N3O6S/c1-3-33-19-9-8-14(10-20(19)32-2)18(27-12-15-6-4-5-7-16(15)22(27)29)11-21(28)26-24-25-17(13-34-24)23(30)31/h4-10,13,18H,3,11-12H2,1-2H3,(H,30,31)(H,25,26,28). The number of methoxy groups -OCH3 is 1. The van der Waals surface area contributed by atoms with Crippen molar-refractivity contribution in [1.82, 2.24) is 9.88 Å². The lowest BCUT2D eigenvalue weighted by molar-refractivity contribution is -0.117. The zero-order valence-electron chi connectivity index (χ0n) is 18.6. The Kier molecular flexibility index (Phi) is 6.78. The molecule has 0 bridgehead atoms. The lowest BCUT2D eigenvalue weighted by atomic mass is 10.0. The molecule has 1 atom stereocenters. The van der Waals surface area contributed by atoms with Crippen LogP contribution < -0.4 is 14.8 Å². The van der Waals surface area contributed by atoms with Gasteiger partial charge in [-0.25, -0.2) is 9.78 Å². The van der Waals surface area contributed by atoms with Crippen LogP contribution in [-0.2, 0) is 11.3 Å². The molecule has 0 saturated heterocycles. The number of aromatic carboxylic acids is 1. The number of anilines is 1. The number of nitrogens with zero attached hydrogens (tertiary/aromatic N) is 2. The lowest BCUT2D eigenvalue weighted by Gasteiger charge is -2.28. The van der Waals surface area contributed by atoms with Gasteiger partial charge >= 0.3 is 5.97 Å². The van der Waals surface area contributed by atoms with Crippen molar-refractivity contribution in [3.8, 4) is 11.5 Å². The van der Waals surface area contributed by atoms with E-state index in [0.29, 0.717) is 35.8 Å². The summed E-state index contributed by atoms with van der Waals surface area (Å²) in [5, 5.41) is 13.2. The number of carboxylic acids is 1. The SMILES string of the molecule is CCOc1ccc(C(CC(=O)Nc2nc(C(=O)O)cs2)N2Cc3ccccc3C2=O)cc1OC. The summed E-state index contributed by atoms with van der Waals surface area (Å²) in [5.41, 5.74) is 2.07. The lowest BCUT2D eigenvalue weighted by Crippen LogP contribution is -2.32. The van der Waals surface area contributed by atoms with E-state index in [-0.39, 0.29) is 23.2 Å². The smallest absolute Gasteiger partial charge is 0.355 e. The Labute approximate surface area is 199 Å². The number of thiazole rings is 1. The Morgan fingerprint density at radius 2 is 2.03 bits per heavy atom. The van der Waals surface area contributed by atoms with Gasteiger partial charge in [0.1, 0.15) is 0 Å². The van der Waals surface area contributed by atoms with Gasteiger partial charge in [-0.05, 0) is 36.2 Å². The molecule has 2 amide bonds. The van der Waals surface area contributed by atoms with Gasteiger partial charge in [0.05, 0.1) is 26.2 Å². The van der Waals surface area contributed by atoms with Gasteiger partial charge < -0.3 is 24.8 Å². The number of fused-ring (bicyclic) bond motifs is 1. The molecule has 2 N–H and O–H groups in total. The van der Waals surface area contributed by atoms with Gasteiger partial charge in [-0.3, -0.25) is 9.59 Å². The predicted molar refractivity (Wildman–Crippen MR) is 126 cm³/mol. The van der Waals surface area contributed by atoms with Gasteiger partial charge in [-0.15, -0.1) is 11.3 Å². The van der Waals surface area contributed by atoms with Gasteiger partial charge in [0.25, 0.3) is 5.91 Å². The monoisotopic (exact) mass is 481 g/mol. The second-order valence-corrected chi connectivity index (χ2v) is 8.40. The van der Waals surface area contributed by atoms with Crippen LogP contribution in [0, 0.1) is 0 Å². The molecular weight excluding hydrogens is 458 g/mol. The molecule has 9 nitrogen and oxygen atoms in total. The number of aromatic nitrogens is 1. The quantitative estimate of drug-likeness (QED) is 0.475. The van der Waals surface area contributed by atoms with Crippen LogP contribution in [0.25, 0.3) is 0 Å². The molecule has 1 aromatic heterocycles. The van der Waals surface area contributed by atoms with E-state index in [1.807, 2.05) is 31.2 Å². The third-order valence-electron chi connectivity index (χ3n) is 5.45. The molecule has 2 aromatic carbocycles. The van der Waals surface area contributed by atoms with Gasteiger partial charge in [0.2, 0.25) is 5.91 Å².